The zero-order valence-corrected chi connectivity index (χ0v) is 8.89. The van der Waals surface area contributed by atoms with Crippen LogP contribution in [0.25, 0.3) is 5.69 Å². The van der Waals surface area contributed by atoms with E-state index in [1.165, 1.54) is 0 Å². The standard InChI is InChI=1S/C9H9F2N5O/c1-2-9-12-15-16(13-9)8-4-7(14-17)5(10)3-6(8)11/h3-4H,2,14H2,1H3. The molecule has 0 bridgehead atoms. The van der Waals surface area contributed by atoms with Crippen molar-refractivity contribution in [2.45, 2.75) is 13.3 Å². The molecule has 0 spiro atoms. The Balaban J connectivity index is 2.50. The molecule has 0 radical (unpaired) electrons. The number of nitrogens with two attached hydrogens (primary N) is 1. The third-order valence-corrected chi connectivity index (χ3v) is 2.18. The van der Waals surface area contributed by atoms with Gasteiger partial charge in [-0.2, -0.15) is 0 Å². The summed E-state index contributed by atoms with van der Waals surface area (Å²) in [6.45, 7) is 1.82. The van der Waals surface area contributed by atoms with Gasteiger partial charge >= 0.3 is 0 Å². The van der Waals surface area contributed by atoms with Gasteiger partial charge in [-0.05, 0) is 5.21 Å². The van der Waals surface area contributed by atoms with E-state index >= 15 is 0 Å². The summed E-state index contributed by atoms with van der Waals surface area (Å²) < 4.78 is 26.6. The lowest BCUT2D eigenvalue weighted by molar-refractivity contribution is -0.499. The van der Waals surface area contributed by atoms with E-state index in [0.717, 1.165) is 10.9 Å². The van der Waals surface area contributed by atoms with Crippen LogP contribution in [0.2, 0.25) is 0 Å². The van der Waals surface area contributed by atoms with Crippen LogP contribution in [-0.2, 0) is 6.42 Å². The molecular formula is C9H9F2N5O. The Kier molecular flexibility index (Phi) is 3.07. The molecule has 2 N–H and O–H groups in total. The highest BCUT2D eigenvalue weighted by atomic mass is 19.1. The Morgan fingerprint density at radius 1 is 1.35 bits per heavy atom. The number of tetrazole rings is 1. The fourth-order valence-electron chi connectivity index (χ4n) is 1.28. The molecule has 0 unspecified atom stereocenters. The molecule has 17 heavy (non-hydrogen) atoms. The average molecular weight is 241 g/mol. The van der Waals surface area contributed by atoms with Gasteiger partial charge in [-0.3, -0.25) is 0 Å². The first-order valence-electron chi connectivity index (χ1n) is 4.89. The predicted molar refractivity (Wildman–Crippen MR) is 53.4 cm³/mol. The van der Waals surface area contributed by atoms with Crippen molar-refractivity contribution in [3.63, 3.8) is 0 Å². The highest BCUT2D eigenvalue weighted by Gasteiger charge is 2.14. The van der Waals surface area contributed by atoms with Crippen molar-refractivity contribution in [1.82, 2.24) is 20.2 Å². The van der Waals surface area contributed by atoms with Crippen LogP contribution in [0.1, 0.15) is 12.7 Å². The average Bonchev–Trinajstić information content (AvgIpc) is 2.78. The number of nitrogens with zero attached hydrogens (tertiary/aromatic N) is 4. The summed E-state index contributed by atoms with van der Waals surface area (Å²) in [6.07, 6.45) is 0.545. The summed E-state index contributed by atoms with van der Waals surface area (Å²) in [7, 11) is 0. The first-order valence-corrected chi connectivity index (χ1v) is 4.89. The van der Waals surface area contributed by atoms with E-state index in [4.69, 9.17) is 0 Å². The fourth-order valence-corrected chi connectivity index (χ4v) is 1.28. The quantitative estimate of drug-likeness (QED) is 0.614. The number of benzene rings is 1. The molecule has 1 aromatic heterocycles. The monoisotopic (exact) mass is 241 g/mol. The molecule has 90 valence electrons. The summed E-state index contributed by atoms with van der Waals surface area (Å²) in [4.78, 5) is 0.931. The van der Waals surface area contributed by atoms with Crippen LogP contribution in [0.5, 0.6) is 0 Å². The second-order valence-corrected chi connectivity index (χ2v) is 3.29. The van der Waals surface area contributed by atoms with Crippen LogP contribution in [0.3, 0.4) is 0 Å². The van der Waals surface area contributed by atoms with Gasteiger partial charge in [0.2, 0.25) is 0 Å². The topological polar surface area (TPSA) is 83.3 Å². The Bertz CT molecular complexity index is 542. The molecule has 0 aliphatic heterocycles. The van der Waals surface area contributed by atoms with E-state index in [1.54, 1.807) is 0 Å². The molecule has 0 atom stereocenters. The Morgan fingerprint density at radius 3 is 2.71 bits per heavy atom. The van der Waals surface area contributed by atoms with Crippen LogP contribution in [-0.4, -0.2) is 20.2 Å². The molecule has 1 heterocycles. The van der Waals surface area contributed by atoms with Crippen molar-refractivity contribution >= 4 is 5.69 Å². The van der Waals surface area contributed by atoms with Gasteiger partial charge in [-0.25, -0.2) is 8.78 Å². The smallest absolute Gasteiger partial charge is 0.187 e. The van der Waals surface area contributed by atoms with Crippen molar-refractivity contribution in [3.8, 4) is 5.69 Å². The van der Waals surface area contributed by atoms with Crippen molar-refractivity contribution in [3.05, 3.63) is 34.8 Å². The van der Waals surface area contributed by atoms with E-state index in [-0.39, 0.29) is 11.4 Å². The van der Waals surface area contributed by atoms with Gasteiger partial charge in [0.05, 0.1) is 0 Å². The second-order valence-electron chi connectivity index (χ2n) is 3.29. The van der Waals surface area contributed by atoms with Crippen molar-refractivity contribution in [2.75, 3.05) is 0 Å². The third-order valence-electron chi connectivity index (χ3n) is 2.18. The van der Waals surface area contributed by atoms with Crippen LogP contribution in [0.4, 0.5) is 14.5 Å². The zero-order chi connectivity index (χ0) is 12.4. The minimum absolute atomic E-state index is 0.110. The molecule has 0 aliphatic carbocycles. The van der Waals surface area contributed by atoms with Gasteiger partial charge < -0.3 is 10.7 Å². The molecule has 2 aromatic rings. The van der Waals surface area contributed by atoms with Crippen LogP contribution < -0.4 is 5.48 Å². The molecular weight excluding hydrogens is 232 g/mol. The Hall–Kier alpha value is -1.93. The maximum absolute atomic E-state index is 13.5. The van der Waals surface area contributed by atoms with Crippen molar-refractivity contribution in [1.29, 1.82) is 0 Å². The molecule has 0 saturated carbocycles. The molecule has 6 nitrogen and oxygen atoms in total. The normalized spacial score (nSPS) is 10.8. The minimum Gasteiger partial charge on any atom is -0.630 e. The van der Waals surface area contributed by atoms with E-state index in [2.05, 4.69) is 15.4 Å². The fraction of sp³-hybridized carbons (Fsp3) is 0.222. The third kappa shape index (κ3) is 2.12. The second kappa shape index (κ2) is 4.52. The first-order chi connectivity index (χ1) is 8.15. The highest BCUT2D eigenvalue weighted by Crippen LogP contribution is 2.18. The van der Waals surface area contributed by atoms with Gasteiger partial charge in [-0.1, -0.05) is 6.92 Å². The lowest BCUT2D eigenvalue weighted by atomic mass is 10.2. The Morgan fingerprint density at radius 2 is 2.12 bits per heavy atom. The maximum atomic E-state index is 13.5. The van der Waals surface area contributed by atoms with Gasteiger partial charge in [0.1, 0.15) is 5.69 Å². The summed E-state index contributed by atoms with van der Waals surface area (Å²) in [5, 5.41) is 21.7. The summed E-state index contributed by atoms with van der Waals surface area (Å²) in [5.41, 5.74) is -0.0620. The van der Waals surface area contributed by atoms with Gasteiger partial charge in [0, 0.05) is 18.6 Å². The molecule has 0 fully saturated rings. The zero-order valence-electron chi connectivity index (χ0n) is 8.89. The highest BCUT2D eigenvalue weighted by molar-refractivity contribution is 5.43. The molecule has 1 aromatic carbocycles. The lowest BCUT2D eigenvalue weighted by Crippen LogP contribution is -2.70. The lowest BCUT2D eigenvalue weighted by Gasteiger charge is -2.06. The Labute approximate surface area is 94.8 Å². The number of aromatic nitrogens is 4. The largest absolute Gasteiger partial charge is 0.630 e. The van der Waals surface area contributed by atoms with Crippen molar-refractivity contribution < 1.29 is 14.3 Å². The van der Waals surface area contributed by atoms with Crippen LogP contribution >= 0.6 is 0 Å². The number of hydrogen-bond acceptors (Lipinski definition) is 4. The number of hydrogen-bond donors (Lipinski definition) is 1. The molecule has 8 heteroatoms. The van der Waals surface area contributed by atoms with E-state index in [9.17, 15) is 14.0 Å². The van der Waals surface area contributed by atoms with Gasteiger partial charge in [0.25, 0.3) is 0 Å². The maximum Gasteiger partial charge on any atom is 0.187 e. The first kappa shape index (κ1) is 11.6. The number of aryl methyl sites for hydroxylation is 1. The summed E-state index contributed by atoms with van der Waals surface area (Å²) in [5.74, 6) is -1.34. The van der Waals surface area contributed by atoms with Crippen molar-refractivity contribution in [2.24, 2.45) is 0 Å². The minimum atomic E-state index is -0.919. The predicted octanol–water partition coefficient (Wildman–Crippen LogP) is 0.196. The van der Waals surface area contributed by atoms with E-state index in [0.29, 0.717) is 23.8 Å². The number of rotatable bonds is 3. The molecule has 2 rings (SSSR count). The number of halogens is 2. The molecule has 0 aliphatic rings. The van der Waals surface area contributed by atoms with Crippen LogP contribution in [0.15, 0.2) is 12.1 Å². The summed E-state index contributed by atoms with van der Waals surface area (Å²) >= 11 is 0. The SMILES string of the molecule is CCc1nnn(-c2cc([NH2+][O-])c(F)cc2F)n1. The van der Waals surface area contributed by atoms with Gasteiger partial charge in [-0.15, -0.1) is 15.0 Å². The molecule has 0 saturated heterocycles. The van der Waals surface area contributed by atoms with Crippen LogP contribution in [0, 0.1) is 16.8 Å². The van der Waals surface area contributed by atoms with E-state index < -0.39 is 11.6 Å². The number of quaternary nitrogens is 1. The van der Waals surface area contributed by atoms with Gasteiger partial charge in [0.15, 0.2) is 23.1 Å². The molecule has 0 amide bonds. The van der Waals surface area contributed by atoms with E-state index in [1.807, 2.05) is 6.92 Å². The summed E-state index contributed by atoms with van der Waals surface area (Å²) in [6, 6.07) is 1.66.